The van der Waals surface area contributed by atoms with Crippen molar-refractivity contribution in [3.8, 4) is 0 Å². The van der Waals surface area contributed by atoms with Crippen molar-refractivity contribution in [1.82, 2.24) is 20.1 Å². The molecule has 0 bridgehead atoms. The molecule has 2 aliphatic heterocycles. The van der Waals surface area contributed by atoms with Gasteiger partial charge < -0.3 is 15.2 Å². The average molecular weight is 346 g/mol. The molecular formula is C18H26N4O3. The van der Waals surface area contributed by atoms with Crippen molar-refractivity contribution in [1.29, 1.82) is 0 Å². The number of likely N-dealkylation sites (tertiary alicyclic amines) is 2. The number of aromatic amines is 1. The van der Waals surface area contributed by atoms with Crippen LogP contribution in [0, 0.1) is 0 Å². The van der Waals surface area contributed by atoms with Crippen molar-refractivity contribution in [2.24, 2.45) is 0 Å². The molecule has 0 aromatic carbocycles. The van der Waals surface area contributed by atoms with Gasteiger partial charge >= 0.3 is 0 Å². The van der Waals surface area contributed by atoms with Gasteiger partial charge in [0.25, 0.3) is 11.5 Å². The molecule has 1 unspecified atom stereocenters. The molecule has 0 saturated carbocycles. The van der Waals surface area contributed by atoms with Crippen molar-refractivity contribution in [3.05, 3.63) is 33.7 Å². The van der Waals surface area contributed by atoms with E-state index in [1.807, 2.05) is 18.7 Å². The molecule has 2 fully saturated rings. The van der Waals surface area contributed by atoms with E-state index in [0.717, 1.165) is 37.9 Å². The smallest absolute Gasteiger partial charge is 0.260 e. The number of H-pyrrole nitrogens is 1. The van der Waals surface area contributed by atoms with E-state index in [1.54, 1.807) is 12.3 Å². The summed E-state index contributed by atoms with van der Waals surface area (Å²) in [5.41, 5.74) is 0.711. The standard InChI is InChI=1S/C18H26N4O3/c1-3-12-8-14(16(23)19-9-12)17(24)20-13-10-22(11-13)15-6-5-7-21(4-2)18(15)25/h8-9,13,15H,3-7,10-11H2,1-2H3,(H,19,23)(H,20,24). The van der Waals surface area contributed by atoms with Crippen molar-refractivity contribution < 1.29 is 9.59 Å². The highest BCUT2D eigenvalue weighted by molar-refractivity contribution is 5.94. The molecule has 3 rings (SSSR count). The van der Waals surface area contributed by atoms with Gasteiger partial charge in [0.05, 0.1) is 12.1 Å². The minimum atomic E-state index is -0.369. The lowest BCUT2D eigenvalue weighted by Gasteiger charge is -2.46. The summed E-state index contributed by atoms with van der Waals surface area (Å²) in [5, 5.41) is 2.91. The molecule has 7 nitrogen and oxygen atoms in total. The molecule has 25 heavy (non-hydrogen) atoms. The van der Waals surface area contributed by atoms with Crippen LogP contribution in [0.4, 0.5) is 0 Å². The number of hydrogen-bond acceptors (Lipinski definition) is 4. The van der Waals surface area contributed by atoms with E-state index in [2.05, 4.69) is 15.2 Å². The zero-order chi connectivity index (χ0) is 18.0. The maximum absolute atomic E-state index is 12.4. The number of nitrogens with one attached hydrogen (secondary N) is 2. The first-order valence-electron chi connectivity index (χ1n) is 9.08. The number of pyridine rings is 1. The minimum absolute atomic E-state index is 0.0121. The largest absolute Gasteiger partial charge is 0.347 e. The number of carbonyl (C=O) groups excluding carboxylic acids is 2. The summed E-state index contributed by atoms with van der Waals surface area (Å²) in [4.78, 5) is 43.3. The fourth-order valence-corrected chi connectivity index (χ4v) is 3.60. The number of carbonyl (C=O) groups is 2. The third-order valence-electron chi connectivity index (χ3n) is 5.19. The molecular weight excluding hydrogens is 320 g/mol. The van der Waals surface area contributed by atoms with Crippen LogP contribution in [0.1, 0.15) is 42.6 Å². The first kappa shape index (κ1) is 17.7. The second-order valence-electron chi connectivity index (χ2n) is 6.80. The van der Waals surface area contributed by atoms with E-state index in [4.69, 9.17) is 0 Å². The molecule has 1 aromatic heterocycles. The lowest BCUT2D eigenvalue weighted by atomic mass is 9.97. The van der Waals surface area contributed by atoms with Crippen LogP contribution in [0.3, 0.4) is 0 Å². The number of rotatable bonds is 5. The maximum atomic E-state index is 12.4. The number of amides is 2. The zero-order valence-electron chi connectivity index (χ0n) is 14.9. The molecule has 1 atom stereocenters. The normalized spacial score (nSPS) is 21.9. The summed E-state index contributed by atoms with van der Waals surface area (Å²) in [6, 6.07) is 1.57. The summed E-state index contributed by atoms with van der Waals surface area (Å²) >= 11 is 0. The summed E-state index contributed by atoms with van der Waals surface area (Å²) in [6.07, 6.45) is 4.30. The highest BCUT2D eigenvalue weighted by Crippen LogP contribution is 2.22. The third-order valence-corrected chi connectivity index (χ3v) is 5.19. The Bertz CT molecular complexity index is 709. The SMILES string of the molecule is CCc1c[nH]c(=O)c(C(=O)NC2CN(C3CCCN(CC)C3=O)C2)c1. The fraction of sp³-hybridized carbons (Fsp3) is 0.611. The predicted octanol–water partition coefficient (Wildman–Crippen LogP) is 0.362. The second-order valence-corrected chi connectivity index (χ2v) is 6.80. The molecule has 2 N–H and O–H groups in total. The van der Waals surface area contributed by atoms with Crippen LogP contribution in [-0.2, 0) is 11.2 Å². The van der Waals surface area contributed by atoms with Crippen LogP contribution >= 0.6 is 0 Å². The summed E-state index contributed by atoms with van der Waals surface area (Å²) in [5.74, 6) is -0.142. The highest BCUT2D eigenvalue weighted by atomic mass is 16.2. The predicted molar refractivity (Wildman–Crippen MR) is 94.5 cm³/mol. The van der Waals surface area contributed by atoms with Crippen molar-refractivity contribution >= 4 is 11.8 Å². The van der Waals surface area contributed by atoms with Gasteiger partial charge in [0.15, 0.2) is 0 Å². The van der Waals surface area contributed by atoms with Gasteiger partial charge in [-0.25, -0.2) is 0 Å². The summed E-state index contributed by atoms with van der Waals surface area (Å²) in [7, 11) is 0. The number of aromatic nitrogens is 1. The van der Waals surface area contributed by atoms with Crippen LogP contribution in [0.25, 0.3) is 0 Å². The lowest BCUT2D eigenvalue weighted by Crippen LogP contribution is -2.66. The Labute approximate surface area is 147 Å². The zero-order valence-corrected chi connectivity index (χ0v) is 14.9. The molecule has 136 valence electrons. The van der Waals surface area contributed by atoms with Crippen molar-refractivity contribution in [2.75, 3.05) is 26.2 Å². The molecule has 2 aliphatic rings. The van der Waals surface area contributed by atoms with E-state index in [9.17, 15) is 14.4 Å². The topological polar surface area (TPSA) is 85.5 Å². The van der Waals surface area contributed by atoms with E-state index in [-0.39, 0.29) is 35.0 Å². The number of piperidine rings is 1. The Kier molecular flexibility index (Phi) is 5.22. The summed E-state index contributed by atoms with van der Waals surface area (Å²) in [6.45, 7) is 6.88. The van der Waals surface area contributed by atoms with Crippen LogP contribution < -0.4 is 10.9 Å². The van der Waals surface area contributed by atoms with E-state index >= 15 is 0 Å². The first-order chi connectivity index (χ1) is 12.0. The highest BCUT2D eigenvalue weighted by Gasteiger charge is 2.39. The van der Waals surface area contributed by atoms with Gasteiger partial charge in [0, 0.05) is 32.4 Å². The molecule has 3 heterocycles. The Morgan fingerprint density at radius 1 is 1.32 bits per heavy atom. The van der Waals surface area contributed by atoms with Crippen LogP contribution in [0.2, 0.25) is 0 Å². The minimum Gasteiger partial charge on any atom is -0.347 e. The van der Waals surface area contributed by atoms with Gasteiger partial charge in [-0.15, -0.1) is 0 Å². The monoisotopic (exact) mass is 346 g/mol. The van der Waals surface area contributed by atoms with E-state index in [1.165, 1.54) is 0 Å². The fourth-order valence-electron chi connectivity index (χ4n) is 3.60. The Morgan fingerprint density at radius 2 is 2.08 bits per heavy atom. The van der Waals surface area contributed by atoms with Gasteiger partial charge in [-0.1, -0.05) is 6.92 Å². The van der Waals surface area contributed by atoms with Gasteiger partial charge in [-0.2, -0.15) is 0 Å². The van der Waals surface area contributed by atoms with Crippen molar-refractivity contribution in [2.45, 2.75) is 45.2 Å². The molecule has 2 amide bonds. The molecule has 0 aliphatic carbocycles. The number of nitrogens with zero attached hydrogens (tertiary/aromatic N) is 2. The number of aryl methyl sites for hydroxylation is 1. The Balaban J connectivity index is 1.56. The molecule has 0 spiro atoms. The molecule has 1 aromatic rings. The quantitative estimate of drug-likeness (QED) is 0.806. The third kappa shape index (κ3) is 3.61. The Hall–Kier alpha value is -2.15. The van der Waals surface area contributed by atoms with E-state index < -0.39 is 0 Å². The van der Waals surface area contributed by atoms with Gasteiger partial charge in [-0.05, 0) is 37.8 Å². The second kappa shape index (κ2) is 7.39. The van der Waals surface area contributed by atoms with Gasteiger partial charge in [0.2, 0.25) is 5.91 Å². The van der Waals surface area contributed by atoms with Gasteiger partial charge in [-0.3, -0.25) is 19.3 Å². The molecule has 0 radical (unpaired) electrons. The lowest BCUT2D eigenvalue weighted by molar-refractivity contribution is -0.142. The summed E-state index contributed by atoms with van der Waals surface area (Å²) < 4.78 is 0. The van der Waals surface area contributed by atoms with E-state index in [0.29, 0.717) is 13.1 Å². The molecule has 7 heteroatoms. The maximum Gasteiger partial charge on any atom is 0.260 e. The van der Waals surface area contributed by atoms with Gasteiger partial charge in [0.1, 0.15) is 5.56 Å². The van der Waals surface area contributed by atoms with Crippen LogP contribution in [-0.4, -0.2) is 64.9 Å². The number of likely N-dealkylation sites (N-methyl/N-ethyl adjacent to an activating group) is 1. The first-order valence-corrected chi connectivity index (χ1v) is 9.08. The average Bonchev–Trinajstić information content (AvgIpc) is 2.58. The Morgan fingerprint density at radius 3 is 2.76 bits per heavy atom. The number of hydrogen-bond donors (Lipinski definition) is 2. The molecule has 2 saturated heterocycles. The van der Waals surface area contributed by atoms with Crippen LogP contribution in [0.5, 0.6) is 0 Å². The van der Waals surface area contributed by atoms with Crippen LogP contribution in [0.15, 0.2) is 17.1 Å². The van der Waals surface area contributed by atoms with Crippen molar-refractivity contribution in [3.63, 3.8) is 0 Å².